The number of fused-ring (bicyclic) bond motifs is 1. The number of hydrogen-bond donors (Lipinski definition) is 0. The van der Waals surface area contributed by atoms with Gasteiger partial charge < -0.3 is 4.74 Å². The van der Waals surface area contributed by atoms with Crippen LogP contribution in [0.15, 0.2) is 43.5 Å². The van der Waals surface area contributed by atoms with Crippen molar-refractivity contribution in [2.24, 2.45) is 0 Å². The Labute approximate surface area is 199 Å². The number of nitrogens with zero attached hydrogens (tertiary/aromatic N) is 5. The predicted molar refractivity (Wildman–Crippen MR) is 128 cm³/mol. The molecular formula is C25H34F3N5O. The van der Waals surface area contributed by atoms with Gasteiger partial charge in [0.25, 0.3) is 0 Å². The van der Waals surface area contributed by atoms with Crippen LogP contribution in [0.1, 0.15) is 69.3 Å². The lowest BCUT2D eigenvalue weighted by atomic mass is 10.1. The molecule has 1 saturated carbocycles. The molecule has 0 aliphatic heterocycles. The lowest BCUT2D eigenvalue weighted by Crippen LogP contribution is -2.07. The van der Waals surface area contributed by atoms with Gasteiger partial charge in [0.2, 0.25) is 0 Å². The lowest BCUT2D eigenvalue weighted by molar-refractivity contribution is -0.133. The third-order valence-corrected chi connectivity index (χ3v) is 5.02. The van der Waals surface area contributed by atoms with Crippen molar-refractivity contribution >= 4 is 16.6 Å². The number of unbranched alkanes of at least 4 members (excludes halogenated alkanes) is 2. The zero-order valence-corrected chi connectivity index (χ0v) is 20.2. The maximum atomic E-state index is 12.2. The highest BCUT2D eigenvalue weighted by molar-refractivity contribution is 5.85. The number of methoxy groups -OCH3 is 1. The molecule has 0 atom stereocenters. The van der Waals surface area contributed by atoms with Crippen molar-refractivity contribution in [2.75, 3.05) is 13.7 Å². The zero-order chi connectivity index (χ0) is 25.0. The van der Waals surface area contributed by atoms with Crippen LogP contribution >= 0.6 is 0 Å². The standard InChI is InChI=1S/C13H12F3N3.C6H8N2.C6H14O/c1-8(3-5-13(14,15)16)11-12-10(4-6-17-11)19-9(2)7-18-12;1-4-7-8(5-1)6-2-3-6;1-3-4-5-6-7-2/h4,6-7H,1,3,5H2,2H3;1,4-6H,2-3H2;3-6H2,1-2H3. The summed E-state index contributed by atoms with van der Waals surface area (Å²) in [5.41, 5.74) is 2.54. The van der Waals surface area contributed by atoms with Crippen molar-refractivity contribution < 1.29 is 17.9 Å². The highest BCUT2D eigenvalue weighted by Gasteiger charge is 2.27. The second-order valence-electron chi connectivity index (χ2n) is 8.17. The van der Waals surface area contributed by atoms with E-state index in [0.29, 0.717) is 22.3 Å². The first-order valence-corrected chi connectivity index (χ1v) is 11.6. The van der Waals surface area contributed by atoms with Crippen molar-refractivity contribution in [2.45, 2.75) is 71.0 Å². The number of rotatable bonds is 8. The van der Waals surface area contributed by atoms with Crippen molar-refractivity contribution in [1.82, 2.24) is 24.7 Å². The molecule has 6 nitrogen and oxygen atoms in total. The number of allylic oxidation sites excluding steroid dienone is 1. The molecule has 0 bridgehead atoms. The summed E-state index contributed by atoms with van der Waals surface area (Å²) >= 11 is 0. The van der Waals surface area contributed by atoms with Gasteiger partial charge in [-0.15, -0.1) is 0 Å². The van der Waals surface area contributed by atoms with Crippen LogP contribution in [0.4, 0.5) is 13.2 Å². The molecule has 3 aromatic rings. The summed E-state index contributed by atoms with van der Waals surface area (Å²) in [5, 5.41) is 4.09. The molecule has 0 saturated heterocycles. The first-order valence-electron chi connectivity index (χ1n) is 11.6. The maximum Gasteiger partial charge on any atom is 0.389 e. The fourth-order valence-electron chi connectivity index (χ4n) is 3.04. The van der Waals surface area contributed by atoms with E-state index in [0.717, 1.165) is 18.3 Å². The molecule has 1 aliphatic carbocycles. The van der Waals surface area contributed by atoms with Gasteiger partial charge in [0, 0.05) is 44.9 Å². The monoisotopic (exact) mass is 477 g/mol. The van der Waals surface area contributed by atoms with E-state index >= 15 is 0 Å². The van der Waals surface area contributed by atoms with Crippen molar-refractivity contribution in [3.63, 3.8) is 0 Å². The minimum Gasteiger partial charge on any atom is -0.385 e. The van der Waals surface area contributed by atoms with Crippen LogP contribution in [0.5, 0.6) is 0 Å². The van der Waals surface area contributed by atoms with Crippen molar-refractivity contribution in [1.29, 1.82) is 0 Å². The number of pyridine rings is 1. The number of alkyl halides is 3. The molecular weight excluding hydrogens is 443 g/mol. The minimum absolute atomic E-state index is 0.189. The third-order valence-electron chi connectivity index (χ3n) is 5.02. The molecule has 4 rings (SSSR count). The van der Waals surface area contributed by atoms with E-state index in [9.17, 15) is 13.2 Å². The van der Waals surface area contributed by atoms with E-state index in [-0.39, 0.29) is 6.42 Å². The Kier molecular flexibility index (Phi) is 11.1. The average Bonchev–Trinajstić information content (AvgIpc) is 3.51. The van der Waals surface area contributed by atoms with Gasteiger partial charge in [-0.1, -0.05) is 26.3 Å². The Morgan fingerprint density at radius 1 is 1.21 bits per heavy atom. The molecule has 3 aromatic heterocycles. The summed E-state index contributed by atoms with van der Waals surface area (Å²) in [5.74, 6) is 0. The Balaban J connectivity index is 0.000000222. The molecule has 0 N–H and O–H groups in total. The molecule has 3 heterocycles. The smallest absolute Gasteiger partial charge is 0.385 e. The van der Waals surface area contributed by atoms with Crippen molar-refractivity contribution in [3.05, 3.63) is 54.9 Å². The molecule has 0 spiro atoms. The third kappa shape index (κ3) is 9.99. The molecule has 9 heteroatoms. The number of aromatic nitrogens is 5. The van der Waals surface area contributed by atoms with Crippen LogP contribution in [0.3, 0.4) is 0 Å². The van der Waals surface area contributed by atoms with Crippen molar-refractivity contribution in [3.8, 4) is 0 Å². The van der Waals surface area contributed by atoms with Gasteiger partial charge in [-0.05, 0) is 50.3 Å². The Morgan fingerprint density at radius 2 is 1.97 bits per heavy atom. The number of ether oxygens (including phenoxy) is 1. The molecule has 1 aliphatic rings. The molecule has 0 unspecified atom stereocenters. The van der Waals surface area contributed by atoms with Crippen LogP contribution in [0, 0.1) is 6.92 Å². The Morgan fingerprint density at radius 3 is 2.56 bits per heavy atom. The topological polar surface area (TPSA) is 65.7 Å². The van der Waals surface area contributed by atoms with Gasteiger partial charge in [-0.2, -0.15) is 18.3 Å². The number of aryl methyl sites for hydroxylation is 1. The number of hydrogen-bond acceptors (Lipinski definition) is 5. The van der Waals surface area contributed by atoms with Gasteiger partial charge in [-0.3, -0.25) is 14.6 Å². The molecule has 0 amide bonds. The summed E-state index contributed by atoms with van der Waals surface area (Å²) in [6, 6.07) is 4.39. The van der Waals surface area contributed by atoms with Crippen LogP contribution in [0.2, 0.25) is 0 Å². The quantitative estimate of drug-likeness (QED) is 0.337. The summed E-state index contributed by atoms with van der Waals surface area (Å²) < 4.78 is 43.5. The highest BCUT2D eigenvalue weighted by atomic mass is 19.4. The van der Waals surface area contributed by atoms with Gasteiger partial charge in [0.1, 0.15) is 5.52 Å². The van der Waals surface area contributed by atoms with Crippen LogP contribution in [-0.4, -0.2) is 44.6 Å². The zero-order valence-electron chi connectivity index (χ0n) is 20.2. The summed E-state index contributed by atoms with van der Waals surface area (Å²) in [6.07, 6.45) is 8.06. The van der Waals surface area contributed by atoms with Gasteiger partial charge in [-0.25, -0.2) is 4.98 Å². The van der Waals surface area contributed by atoms with E-state index in [2.05, 4.69) is 33.6 Å². The van der Waals surface area contributed by atoms with Crippen LogP contribution in [-0.2, 0) is 4.74 Å². The maximum absolute atomic E-state index is 12.2. The second kappa shape index (κ2) is 13.8. The van der Waals surface area contributed by atoms with Crippen LogP contribution < -0.4 is 0 Å². The second-order valence-corrected chi connectivity index (χ2v) is 8.17. The van der Waals surface area contributed by atoms with Gasteiger partial charge >= 0.3 is 6.18 Å². The molecule has 0 radical (unpaired) electrons. The first-order chi connectivity index (χ1) is 16.2. The summed E-state index contributed by atoms with van der Waals surface area (Å²) in [4.78, 5) is 12.5. The fraction of sp³-hybridized carbons (Fsp3) is 0.520. The average molecular weight is 478 g/mol. The Bertz CT molecular complexity index is 997. The minimum atomic E-state index is -4.20. The highest BCUT2D eigenvalue weighted by Crippen LogP contribution is 2.33. The first kappa shape index (κ1) is 27.4. The number of halogens is 3. The lowest BCUT2D eigenvalue weighted by Gasteiger charge is -2.09. The summed E-state index contributed by atoms with van der Waals surface area (Å²) in [6.45, 7) is 8.58. The fourth-order valence-corrected chi connectivity index (χ4v) is 3.04. The van der Waals surface area contributed by atoms with Gasteiger partial charge in [0.15, 0.2) is 0 Å². The largest absolute Gasteiger partial charge is 0.389 e. The molecule has 34 heavy (non-hydrogen) atoms. The van der Waals surface area contributed by atoms with E-state index < -0.39 is 12.6 Å². The SMILES string of the molecule is C=C(CCC(F)(F)F)c1nccc2nc(C)cnc12.CCCCCOC.c1cnn(C2CC2)c1. The molecule has 0 aromatic carbocycles. The summed E-state index contributed by atoms with van der Waals surface area (Å²) in [7, 11) is 1.75. The molecule has 186 valence electrons. The predicted octanol–water partition coefficient (Wildman–Crippen LogP) is 6.73. The van der Waals surface area contributed by atoms with E-state index in [1.165, 1.54) is 38.3 Å². The van der Waals surface area contributed by atoms with Gasteiger partial charge in [0.05, 0.1) is 22.9 Å². The Hall–Kier alpha value is -2.81. The van der Waals surface area contributed by atoms with Crippen LogP contribution in [0.25, 0.3) is 16.6 Å². The van der Waals surface area contributed by atoms with E-state index in [4.69, 9.17) is 4.74 Å². The van der Waals surface area contributed by atoms with E-state index in [1.807, 2.05) is 23.1 Å². The van der Waals surface area contributed by atoms with E-state index in [1.54, 1.807) is 26.3 Å². The molecule has 1 fully saturated rings. The normalized spacial score (nSPS) is 13.0.